The number of carbonyl (C=O) groups excluding carboxylic acids is 2. The second-order valence-electron chi connectivity index (χ2n) is 6.44. The van der Waals surface area contributed by atoms with Crippen molar-refractivity contribution in [1.82, 2.24) is 15.3 Å². The average Bonchev–Trinajstić information content (AvgIpc) is 2.64. The van der Waals surface area contributed by atoms with Crippen molar-refractivity contribution >= 4 is 23.5 Å². The third-order valence-corrected chi connectivity index (χ3v) is 4.00. The summed E-state index contributed by atoms with van der Waals surface area (Å²) in [5.41, 5.74) is 1.48. The molecule has 0 fully saturated rings. The van der Waals surface area contributed by atoms with E-state index in [0.29, 0.717) is 16.8 Å². The van der Waals surface area contributed by atoms with Gasteiger partial charge in [0.1, 0.15) is 11.8 Å². The number of rotatable bonds is 7. The Balaban J connectivity index is 2.08. The quantitative estimate of drug-likeness (QED) is 0.513. The summed E-state index contributed by atoms with van der Waals surface area (Å²) in [5, 5.41) is 2.80. The fourth-order valence-corrected chi connectivity index (χ4v) is 2.64. The molecule has 1 unspecified atom stereocenters. The number of hydrogen-bond acceptors (Lipinski definition) is 6. The van der Waals surface area contributed by atoms with Gasteiger partial charge in [0.15, 0.2) is 6.61 Å². The van der Waals surface area contributed by atoms with E-state index in [-0.39, 0.29) is 23.2 Å². The Morgan fingerprint density at radius 2 is 1.97 bits per heavy atom. The Kier molecular flexibility index (Phi) is 7.60. The maximum absolute atomic E-state index is 12.6. The van der Waals surface area contributed by atoms with Crippen molar-refractivity contribution in [2.75, 3.05) is 6.61 Å². The average molecular weight is 446 g/mol. The summed E-state index contributed by atoms with van der Waals surface area (Å²) in [6, 6.07) is 3.87. The number of alkyl halides is 3. The normalized spacial score (nSPS) is 12.2. The first-order chi connectivity index (χ1) is 13.9. The van der Waals surface area contributed by atoms with E-state index in [4.69, 9.17) is 16.3 Å². The van der Waals surface area contributed by atoms with Crippen molar-refractivity contribution in [1.29, 1.82) is 0 Å². The van der Waals surface area contributed by atoms with Crippen LogP contribution in [0.3, 0.4) is 0 Å². The first kappa shape index (κ1) is 23.4. The number of hydrogen-bond donors (Lipinski definition) is 1. The first-order valence-corrected chi connectivity index (χ1v) is 9.09. The lowest BCUT2D eigenvalue weighted by Crippen LogP contribution is -2.27. The van der Waals surface area contributed by atoms with E-state index in [1.807, 2.05) is 0 Å². The van der Waals surface area contributed by atoms with Crippen LogP contribution < -0.4 is 10.1 Å². The molecule has 2 heterocycles. The van der Waals surface area contributed by atoms with Crippen molar-refractivity contribution < 1.29 is 32.2 Å². The van der Waals surface area contributed by atoms with Crippen LogP contribution in [0.4, 0.5) is 13.2 Å². The van der Waals surface area contributed by atoms with E-state index >= 15 is 0 Å². The van der Waals surface area contributed by atoms with Gasteiger partial charge in [-0.15, -0.1) is 0 Å². The zero-order valence-corrected chi connectivity index (χ0v) is 17.1. The number of esters is 1. The molecule has 1 N–H and O–H groups in total. The number of pyridine rings is 2. The molecule has 2 aromatic heterocycles. The van der Waals surface area contributed by atoms with Gasteiger partial charge >= 0.3 is 12.1 Å². The molecule has 0 bridgehead atoms. The van der Waals surface area contributed by atoms with Crippen molar-refractivity contribution in [3.8, 4) is 5.88 Å². The van der Waals surface area contributed by atoms with Crippen LogP contribution in [0.25, 0.3) is 0 Å². The minimum absolute atomic E-state index is 0.0566. The van der Waals surface area contributed by atoms with Gasteiger partial charge in [-0.1, -0.05) is 11.6 Å². The molecule has 1 atom stereocenters. The van der Waals surface area contributed by atoms with Gasteiger partial charge in [-0.25, -0.2) is 9.97 Å². The number of nitrogens with zero attached hydrogens (tertiary/aromatic N) is 2. The molecule has 0 aromatic carbocycles. The molecule has 2 aromatic rings. The van der Waals surface area contributed by atoms with Crippen molar-refractivity contribution in [2.24, 2.45) is 0 Å². The summed E-state index contributed by atoms with van der Waals surface area (Å²) in [6.45, 7) is 2.92. The molecular formula is C19H19ClF3N3O4. The van der Waals surface area contributed by atoms with E-state index in [9.17, 15) is 22.8 Å². The molecule has 0 radical (unpaired) electrons. The van der Waals surface area contributed by atoms with Gasteiger partial charge in [0.2, 0.25) is 5.88 Å². The third-order valence-electron chi connectivity index (χ3n) is 3.80. The van der Waals surface area contributed by atoms with Crippen LogP contribution in [0, 0.1) is 6.92 Å². The molecule has 7 nitrogen and oxygen atoms in total. The van der Waals surface area contributed by atoms with E-state index in [1.54, 1.807) is 19.9 Å². The van der Waals surface area contributed by atoms with E-state index in [2.05, 4.69) is 20.0 Å². The summed E-state index contributed by atoms with van der Waals surface area (Å²) < 4.78 is 46.4. The lowest BCUT2D eigenvalue weighted by molar-refractivity contribution is -0.154. The predicted molar refractivity (Wildman–Crippen MR) is 101 cm³/mol. The predicted octanol–water partition coefficient (Wildman–Crippen LogP) is 3.93. The smallest absolute Gasteiger partial charge is 0.422 e. The van der Waals surface area contributed by atoms with Gasteiger partial charge in [-0.3, -0.25) is 9.59 Å². The number of aryl methyl sites for hydroxylation is 1. The lowest BCUT2D eigenvalue weighted by atomic mass is 10.1. The minimum atomic E-state index is -4.46. The van der Waals surface area contributed by atoms with Gasteiger partial charge in [0, 0.05) is 24.2 Å². The second-order valence-corrected chi connectivity index (χ2v) is 6.83. The lowest BCUT2D eigenvalue weighted by Gasteiger charge is -2.17. The van der Waals surface area contributed by atoms with Crippen LogP contribution in [0.15, 0.2) is 24.4 Å². The van der Waals surface area contributed by atoms with Gasteiger partial charge in [0.25, 0.3) is 5.91 Å². The molecule has 2 rings (SSSR count). The number of nitrogens with one attached hydrogen (secondary N) is 1. The molecular weight excluding hydrogens is 427 g/mol. The molecule has 0 aliphatic rings. The van der Waals surface area contributed by atoms with Crippen LogP contribution >= 0.6 is 11.6 Å². The SMILES string of the molecule is CC(=O)OCc1cc(C(=O)NC(C)c2cnc(OCC(F)(F)F)c(C)c2)cc(Cl)n1. The summed E-state index contributed by atoms with van der Waals surface area (Å²) in [4.78, 5) is 31.4. The zero-order chi connectivity index (χ0) is 22.5. The highest BCUT2D eigenvalue weighted by Gasteiger charge is 2.29. The Hall–Kier alpha value is -2.88. The Bertz CT molecular complexity index is 938. The standard InChI is InChI=1S/C19H19ClF3N3O4/c1-10-4-14(7-24-18(10)30-9-19(21,22)23)11(2)25-17(28)13-5-15(8-29-12(3)27)26-16(20)6-13/h4-7,11H,8-9H2,1-3H3,(H,25,28). The largest absolute Gasteiger partial charge is 0.468 e. The highest BCUT2D eigenvalue weighted by Crippen LogP contribution is 2.23. The van der Waals surface area contributed by atoms with Crippen LogP contribution in [0.2, 0.25) is 5.15 Å². The highest BCUT2D eigenvalue weighted by molar-refractivity contribution is 6.29. The van der Waals surface area contributed by atoms with Crippen molar-refractivity contribution in [3.05, 3.63) is 51.9 Å². The zero-order valence-electron chi connectivity index (χ0n) is 16.3. The maximum Gasteiger partial charge on any atom is 0.422 e. The number of carbonyl (C=O) groups is 2. The molecule has 1 amide bonds. The van der Waals surface area contributed by atoms with Crippen molar-refractivity contribution in [3.63, 3.8) is 0 Å². The van der Waals surface area contributed by atoms with Gasteiger partial charge < -0.3 is 14.8 Å². The van der Waals surface area contributed by atoms with Gasteiger partial charge in [0.05, 0.1) is 11.7 Å². The van der Waals surface area contributed by atoms with E-state index < -0.39 is 30.7 Å². The van der Waals surface area contributed by atoms with Gasteiger partial charge in [-0.05, 0) is 37.6 Å². The molecule has 0 saturated carbocycles. The summed E-state index contributed by atoms with van der Waals surface area (Å²) in [7, 11) is 0. The number of ether oxygens (including phenoxy) is 2. The third kappa shape index (κ3) is 7.18. The first-order valence-electron chi connectivity index (χ1n) is 8.71. The number of halogens is 4. The number of aromatic nitrogens is 2. The molecule has 0 spiro atoms. The fourth-order valence-electron chi connectivity index (χ4n) is 2.42. The van der Waals surface area contributed by atoms with Crippen LogP contribution in [0.1, 0.15) is 47.1 Å². The molecule has 30 heavy (non-hydrogen) atoms. The summed E-state index contributed by atoms with van der Waals surface area (Å²) in [6.07, 6.45) is -3.14. The second kappa shape index (κ2) is 9.75. The summed E-state index contributed by atoms with van der Waals surface area (Å²) in [5.74, 6) is -1.10. The fraction of sp³-hybridized carbons (Fsp3) is 0.368. The monoisotopic (exact) mass is 445 g/mol. The van der Waals surface area contributed by atoms with E-state index in [1.165, 1.54) is 25.3 Å². The van der Waals surface area contributed by atoms with Gasteiger partial charge in [-0.2, -0.15) is 13.2 Å². The maximum atomic E-state index is 12.6. The Morgan fingerprint density at radius 1 is 1.27 bits per heavy atom. The molecule has 162 valence electrons. The topological polar surface area (TPSA) is 90.4 Å². The highest BCUT2D eigenvalue weighted by atomic mass is 35.5. The minimum Gasteiger partial charge on any atom is -0.468 e. The van der Waals surface area contributed by atoms with Crippen LogP contribution in [-0.2, 0) is 16.1 Å². The molecule has 0 saturated heterocycles. The Labute approximate surface area is 175 Å². The van der Waals surface area contributed by atoms with Crippen molar-refractivity contribution in [2.45, 2.75) is 39.6 Å². The summed E-state index contributed by atoms with van der Waals surface area (Å²) >= 11 is 5.93. The molecule has 0 aliphatic heterocycles. The molecule has 11 heteroatoms. The molecule has 0 aliphatic carbocycles. The van der Waals surface area contributed by atoms with Crippen LogP contribution in [0.5, 0.6) is 5.88 Å². The Morgan fingerprint density at radius 3 is 2.57 bits per heavy atom. The van der Waals surface area contributed by atoms with Crippen LogP contribution in [-0.4, -0.2) is 34.6 Å². The van der Waals surface area contributed by atoms with E-state index in [0.717, 1.165) is 0 Å². The number of amides is 1.